The maximum absolute atomic E-state index is 11.6. The van der Waals surface area contributed by atoms with Crippen LogP contribution >= 0.6 is 0 Å². The van der Waals surface area contributed by atoms with E-state index in [4.69, 9.17) is 4.74 Å². The molecule has 0 radical (unpaired) electrons. The summed E-state index contributed by atoms with van der Waals surface area (Å²) in [5.74, 6) is 0.261. The van der Waals surface area contributed by atoms with E-state index in [1.807, 2.05) is 26.8 Å². The Balaban J connectivity index is 2.15. The van der Waals surface area contributed by atoms with E-state index < -0.39 is 6.09 Å². The van der Waals surface area contributed by atoms with Gasteiger partial charge in [0.25, 0.3) is 0 Å². The largest absolute Gasteiger partial charge is 0.414 e. The average Bonchev–Trinajstić information content (AvgIpc) is 2.26. The molecule has 2 aromatic rings. The Kier molecular flexibility index (Phi) is 3.14. The molecule has 0 saturated carbocycles. The van der Waals surface area contributed by atoms with Crippen LogP contribution in [0, 0.1) is 0 Å². The molecule has 5 nitrogen and oxygen atoms in total. The number of nitrogens with one attached hydrogen (secondary N) is 1. The maximum Gasteiger partial charge on any atom is 0.414 e. The van der Waals surface area contributed by atoms with E-state index in [9.17, 15) is 4.79 Å². The average molecular weight is 245 g/mol. The zero-order valence-corrected chi connectivity index (χ0v) is 10.6. The van der Waals surface area contributed by atoms with E-state index in [0.717, 1.165) is 5.52 Å². The second-order valence-electron chi connectivity index (χ2n) is 4.96. The highest BCUT2D eigenvalue weighted by Crippen LogP contribution is 2.14. The van der Waals surface area contributed by atoms with Gasteiger partial charge in [0.05, 0.1) is 11.0 Å². The Hall–Kier alpha value is -2.17. The summed E-state index contributed by atoms with van der Waals surface area (Å²) in [5, 5.41) is 2.70. The first-order valence-electron chi connectivity index (χ1n) is 5.66. The summed E-state index contributed by atoms with van der Waals surface area (Å²) in [4.78, 5) is 19.9. The molecule has 2 rings (SSSR count). The van der Waals surface area contributed by atoms with Gasteiger partial charge in [0.15, 0.2) is 0 Å². The van der Waals surface area contributed by atoms with E-state index in [-0.39, 0.29) is 11.4 Å². The fraction of sp³-hybridized carbons (Fsp3) is 0.308. The maximum atomic E-state index is 11.6. The van der Waals surface area contributed by atoms with Crippen LogP contribution in [0.2, 0.25) is 0 Å². The highest BCUT2D eigenvalue weighted by molar-refractivity contribution is 5.76. The highest BCUT2D eigenvalue weighted by atomic mass is 16.6. The molecule has 1 amide bonds. The second-order valence-corrected chi connectivity index (χ2v) is 4.96. The molecule has 0 aliphatic heterocycles. The number of aromatic nitrogens is 2. The van der Waals surface area contributed by atoms with Crippen molar-refractivity contribution in [1.29, 1.82) is 0 Å². The third-order valence-electron chi connectivity index (χ3n) is 2.10. The summed E-state index contributed by atoms with van der Waals surface area (Å²) in [7, 11) is 0. The van der Waals surface area contributed by atoms with Gasteiger partial charge in [0, 0.05) is 17.8 Å². The van der Waals surface area contributed by atoms with Gasteiger partial charge in [-0.15, -0.1) is 0 Å². The lowest BCUT2D eigenvalue weighted by Crippen LogP contribution is -2.42. The van der Waals surface area contributed by atoms with Crippen molar-refractivity contribution in [2.24, 2.45) is 0 Å². The fourth-order valence-electron chi connectivity index (χ4n) is 1.42. The van der Waals surface area contributed by atoms with Gasteiger partial charge in [0.2, 0.25) is 5.88 Å². The minimum atomic E-state index is -0.516. The van der Waals surface area contributed by atoms with Gasteiger partial charge >= 0.3 is 6.09 Å². The van der Waals surface area contributed by atoms with Crippen LogP contribution in [0.1, 0.15) is 20.8 Å². The van der Waals surface area contributed by atoms with Crippen LogP contribution in [-0.2, 0) is 0 Å². The number of nitrogens with zero attached hydrogens (tertiary/aromatic N) is 2. The number of carbonyl (C=O) groups excluding carboxylic acids is 1. The Bertz CT molecular complexity index is 576. The van der Waals surface area contributed by atoms with Crippen LogP contribution in [0.15, 0.2) is 30.5 Å². The van der Waals surface area contributed by atoms with E-state index in [2.05, 4.69) is 15.3 Å². The van der Waals surface area contributed by atoms with Crippen LogP contribution in [0.3, 0.4) is 0 Å². The first-order valence-corrected chi connectivity index (χ1v) is 5.66. The normalized spacial score (nSPS) is 11.3. The predicted octanol–water partition coefficient (Wildman–Crippen LogP) is 2.52. The van der Waals surface area contributed by atoms with Crippen LogP contribution < -0.4 is 10.1 Å². The Morgan fingerprint density at radius 1 is 1.22 bits per heavy atom. The number of hydrogen-bond donors (Lipinski definition) is 1. The number of ether oxygens (including phenoxy) is 1. The smallest absolute Gasteiger partial charge is 0.391 e. The summed E-state index contributed by atoms with van der Waals surface area (Å²) in [6, 6.07) is 6.99. The van der Waals surface area contributed by atoms with Gasteiger partial charge in [-0.3, -0.25) is 4.98 Å². The van der Waals surface area contributed by atoms with Crippen LogP contribution in [0.25, 0.3) is 11.0 Å². The number of pyridine rings is 2. The van der Waals surface area contributed by atoms with Gasteiger partial charge in [-0.1, -0.05) is 0 Å². The van der Waals surface area contributed by atoms with Gasteiger partial charge in [-0.05, 0) is 39.0 Å². The molecule has 2 aromatic heterocycles. The minimum Gasteiger partial charge on any atom is -0.391 e. The quantitative estimate of drug-likeness (QED) is 0.838. The van der Waals surface area contributed by atoms with Gasteiger partial charge in [-0.25, -0.2) is 9.78 Å². The zero-order chi connectivity index (χ0) is 13.2. The number of carbonyl (C=O) groups is 1. The van der Waals surface area contributed by atoms with Crippen LogP contribution in [0.4, 0.5) is 4.79 Å². The van der Waals surface area contributed by atoms with Gasteiger partial charge in [-0.2, -0.15) is 0 Å². The van der Waals surface area contributed by atoms with Crippen molar-refractivity contribution in [1.82, 2.24) is 15.3 Å². The summed E-state index contributed by atoms with van der Waals surface area (Å²) >= 11 is 0. The Morgan fingerprint density at radius 2 is 2.00 bits per heavy atom. The highest BCUT2D eigenvalue weighted by Gasteiger charge is 2.15. The molecule has 0 aliphatic rings. The lowest BCUT2D eigenvalue weighted by Gasteiger charge is -2.19. The molecule has 0 spiro atoms. The zero-order valence-electron chi connectivity index (χ0n) is 10.6. The lowest BCUT2D eigenvalue weighted by molar-refractivity contribution is 0.189. The molecule has 1 N–H and O–H groups in total. The summed E-state index contributed by atoms with van der Waals surface area (Å²) in [6.45, 7) is 5.64. The van der Waals surface area contributed by atoms with E-state index >= 15 is 0 Å². The van der Waals surface area contributed by atoms with Crippen molar-refractivity contribution in [3.8, 4) is 5.88 Å². The molecule has 0 atom stereocenters. The van der Waals surface area contributed by atoms with Crippen molar-refractivity contribution in [2.45, 2.75) is 26.3 Å². The molecule has 94 valence electrons. The fourth-order valence-corrected chi connectivity index (χ4v) is 1.42. The third-order valence-corrected chi connectivity index (χ3v) is 2.10. The van der Waals surface area contributed by atoms with Gasteiger partial charge < -0.3 is 10.1 Å². The monoisotopic (exact) mass is 245 g/mol. The minimum absolute atomic E-state index is 0.261. The molecule has 2 heterocycles. The topological polar surface area (TPSA) is 64.1 Å². The van der Waals surface area contributed by atoms with E-state index in [0.29, 0.717) is 5.52 Å². The number of amides is 1. The standard InChI is InChI=1S/C13H15N3O2/c1-13(2,3)16-12(17)18-11-7-6-9-10(15-11)5-4-8-14-9/h4-8H,1-3H3,(H,16,17). The molecular formula is C13H15N3O2. The Labute approximate surface area is 105 Å². The van der Waals surface area contributed by atoms with Crippen molar-refractivity contribution in [3.05, 3.63) is 30.5 Å². The number of rotatable bonds is 1. The summed E-state index contributed by atoms with van der Waals surface area (Å²) in [6.07, 6.45) is 1.18. The van der Waals surface area contributed by atoms with Crippen LogP contribution in [0.5, 0.6) is 5.88 Å². The summed E-state index contributed by atoms with van der Waals surface area (Å²) < 4.78 is 5.11. The first-order chi connectivity index (χ1) is 8.44. The molecule has 0 bridgehead atoms. The van der Waals surface area contributed by atoms with Crippen molar-refractivity contribution >= 4 is 17.1 Å². The summed E-state index contributed by atoms with van der Waals surface area (Å²) in [5.41, 5.74) is 1.12. The predicted molar refractivity (Wildman–Crippen MR) is 68.5 cm³/mol. The van der Waals surface area contributed by atoms with Crippen molar-refractivity contribution in [3.63, 3.8) is 0 Å². The third kappa shape index (κ3) is 3.16. The van der Waals surface area contributed by atoms with E-state index in [1.54, 1.807) is 24.4 Å². The molecular weight excluding hydrogens is 230 g/mol. The van der Waals surface area contributed by atoms with Gasteiger partial charge in [0.1, 0.15) is 0 Å². The number of fused-ring (bicyclic) bond motifs is 1. The molecule has 0 aliphatic carbocycles. The lowest BCUT2D eigenvalue weighted by atomic mass is 10.1. The van der Waals surface area contributed by atoms with Crippen molar-refractivity contribution in [2.75, 3.05) is 0 Å². The molecule has 0 saturated heterocycles. The molecule has 0 aromatic carbocycles. The second kappa shape index (κ2) is 4.60. The van der Waals surface area contributed by atoms with E-state index in [1.165, 1.54) is 0 Å². The Morgan fingerprint density at radius 3 is 2.72 bits per heavy atom. The number of hydrogen-bond acceptors (Lipinski definition) is 4. The first kappa shape index (κ1) is 12.3. The van der Waals surface area contributed by atoms with Crippen molar-refractivity contribution < 1.29 is 9.53 Å². The van der Waals surface area contributed by atoms with Crippen LogP contribution in [-0.4, -0.2) is 21.6 Å². The molecule has 5 heteroatoms. The molecule has 0 unspecified atom stereocenters. The molecule has 0 fully saturated rings. The SMILES string of the molecule is CC(C)(C)NC(=O)Oc1ccc2ncccc2n1. The molecule has 18 heavy (non-hydrogen) atoms.